The standard InChI is InChI=1S/C24H32O4S2/c1-18(28-24(26)17-30-15-5-9-20-7-3-11-22(20)30)12-13-27-23(25)16-29-14-4-8-19-6-2-10-21(19)29/h2-3,6-7,10-11,18-20H,4-5,8-9,12-17H2,1H3/q+2. The van der Waals surface area contributed by atoms with Gasteiger partial charge in [0.1, 0.15) is 27.4 Å². The van der Waals surface area contributed by atoms with E-state index in [1.54, 1.807) is 0 Å². The average molecular weight is 449 g/mol. The zero-order valence-electron chi connectivity index (χ0n) is 17.7. The maximum atomic E-state index is 12.4. The molecule has 0 N–H and O–H groups in total. The lowest BCUT2D eigenvalue weighted by atomic mass is 10.1. The largest absolute Gasteiger partial charge is 0.462 e. The van der Waals surface area contributed by atoms with E-state index in [1.807, 2.05) is 6.92 Å². The summed E-state index contributed by atoms with van der Waals surface area (Å²) in [6.07, 6.45) is 18.3. The van der Waals surface area contributed by atoms with Crippen LogP contribution in [0, 0.1) is 11.8 Å². The van der Waals surface area contributed by atoms with E-state index >= 15 is 0 Å². The number of ether oxygens (including phenoxy) is 2. The van der Waals surface area contributed by atoms with Crippen LogP contribution in [0.4, 0.5) is 0 Å². The molecule has 0 radical (unpaired) electrons. The summed E-state index contributed by atoms with van der Waals surface area (Å²) in [6, 6.07) is 0. The molecule has 0 bridgehead atoms. The maximum absolute atomic E-state index is 12.4. The lowest BCUT2D eigenvalue weighted by Gasteiger charge is -2.21. The SMILES string of the molecule is CC(CCOC(=O)C[S+]1CCCC2C=CC=C21)OC(=O)C[S+]1CCCC2C=CC=C21. The van der Waals surface area contributed by atoms with Crippen LogP contribution >= 0.6 is 0 Å². The van der Waals surface area contributed by atoms with Crippen molar-refractivity contribution in [1.29, 1.82) is 0 Å². The summed E-state index contributed by atoms with van der Waals surface area (Å²) in [5, 5.41) is 0. The minimum atomic E-state index is -0.228. The molecule has 2 heterocycles. The van der Waals surface area contributed by atoms with Crippen molar-refractivity contribution in [2.45, 2.75) is 45.1 Å². The fraction of sp³-hybridized carbons (Fsp3) is 0.583. The Balaban J connectivity index is 1.13. The lowest BCUT2D eigenvalue weighted by Crippen LogP contribution is -2.30. The number of fused-ring (bicyclic) bond motifs is 2. The van der Waals surface area contributed by atoms with Crippen LogP contribution in [-0.4, -0.2) is 47.7 Å². The summed E-state index contributed by atoms with van der Waals surface area (Å²) in [5.41, 5.74) is 0. The summed E-state index contributed by atoms with van der Waals surface area (Å²) in [6.45, 7) is 2.20. The fourth-order valence-corrected chi connectivity index (χ4v) is 9.22. The second kappa shape index (κ2) is 10.3. The number of carbonyl (C=O) groups excluding carboxylic acids is 2. The van der Waals surface area contributed by atoms with Crippen molar-refractivity contribution in [2.75, 3.05) is 29.6 Å². The van der Waals surface area contributed by atoms with Crippen molar-refractivity contribution in [1.82, 2.24) is 0 Å². The third kappa shape index (κ3) is 5.44. The molecule has 4 nitrogen and oxygen atoms in total. The predicted octanol–water partition coefficient (Wildman–Crippen LogP) is 3.82. The third-order valence-corrected chi connectivity index (χ3v) is 11.1. The normalized spacial score (nSPS) is 30.2. The molecule has 0 saturated carbocycles. The zero-order valence-corrected chi connectivity index (χ0v) is 19.3. The van der Waals surface area contributed by atoms with Gasteiger partial charge in [-0.15, -0.1) is 0 Å². The van der Waals surface area contributed by atoms with E-state index in [-0.39, 0.29) is 39.8 Å². The second-order valence-corrected chi connectivity index (χ2v) is 12.7. The van der Waals surface area contributed by atoms with Crippen LogP contribution in [0.15, 0.2) is 46.3 Å². The van der Waals surface area contributed by atoms with Crippen LogP contribution in [-0.2, 0) is 40.9 Å². The van der Waals surface area contributed by atoms with Crippen molar-refractivity contribution < 1.29 is 19.1 Å². The Morgan fingerprint density at radius 2 is 1.53 bits per heavy atom. The molecule has 4 aliphatic rings. The van der Waals surface area contributed by atoms with Gasteiger partial charge in [0.05, 0.1) is 6.61 Å². The number of hydrogen-bond donors (Lipinski definition) is 0. The Kier molecular flexibility index (Phi) is 7.47. The van der Waals surface area contributed by atoms with Crippen LogP contribution < -0.4 is 0 Å². The van der Waals surface area contributed by atoms with Crippen LogP contribution in [0.2, 0.25) is 0 Å². The molecule has 4 rings (SSSR count). The van der Waals surface area contributed by atoms with Crippen molar-refractivity contribution >= 4 is 33.7 Å². The highest BCUT2D eigenvalue weighted by molar-refractivity contribution is 8.01. The second-order valence-electron chi connectivity index (χ2n) is 8.40. The molecule has 0 spiro atoms. The number of esters is 2. The van der Waals surface area contributed by atoms with Gasteiger partial charge < -0.3 is 9.47 Å². The molecular weight excluding hydrogens is 416 g/mol. The number of hydrogen-bond acceptors (Lipinski definition) is 4. The van der Waals surface area contributed by atoms with Crippen LogP contribution in [0.25, 0.3) is 0 Å². The lowest BCUT2D eigenvalue weighted by molar-refractivity contribution is -0.147. The molecule has 2 fully saturated rings. The average Bonchev–Trinajstić information content (AvgIpc) is 3.38. The van der Waals surface area contributed by atoms with E-state index in [1.165, 1.54) is 35.5 Å². The van der Waals surface area contributed by atoms with E-state index in [0.717, 1.165) is 11.5 Å². The number of allylic oxidation sites excluding steroid dienone is 8. The van der Waals surface area contributed by atoms with E-state index in [0.29, 0.717) is 36.4 Å². The molecule has 0 aromatic rings. The number of rotatable bonds is 8. The highest BCUT2D eigenvalue weighted by Crippen LogP contribution is 2.36. The Hall–Kier alpha value is -1.40. The van der Waals surface area contributed by atoms with Gasteiger partial charge in [-0.05, 0) is 44.8 Å². The Labute approximate surface area is 185 Å². The summed E-state index contributed by atoms with van der Waals surface area (Å²) in [5.74, 6) is 4.02. The number of carbonyl (C=O) groups is 2. The molecule has 30 heavy (non-hydrogen) atoms. The first kappa shape index (κ1) is 21.8. The highest BCUT2D eigenvalue weighted by Gasteiger charge is 2.39. The first-order valence-electron chi connectivity index (χ1n) is 11.1. The monoisotopic (exact) mass is 448 g/mol. The molecule has 5 unspecified atom stereocenters. The molecule has 2 aliphatic heterocycles. The topological polar surface area (TPSA) is 52.6 Å². The third-order valence-electron chi connectivity index (χ3n) is 6.12. The van der Waals surface area contributed by atoms with Gasteiger partial charge in [-0.1, -0.05) is 24.3 Å². The summed E-state index contributed by atoms with van der Waals surface area (Å²) in [4.78, 5) is 27.5. The van der Waals surface area contributed by atoms with Gasteiger partial charge in [-0.25, -0.2) is 9.59 Å². The minimum absolute atomic E-state index is 0.0128. The van der Waals surface area contributed by atoms with E-state index in [2.05, 4.69) is 36.5 Å². The van der Waals surface area contributed by atoms with Crippen LogP contribution in [0.3, 0.4) is 0 Å². The Bertz CT molecular complexity index is 782. The molecule has 162 valence electrons. The van der Waals surface area contributed by atoms with Gasteiger partial charge >= 0.3 is 11.9 Å². The quantitative estimate of drug-likeness (QED) is 0.418. The van der Waals surface area contributed by atoms with Gasteiger partial charge in [0.15, 0.2) is 0 Å². The smallest absolute Gasteiger partial charge is 0.356 e. The fourth-order valence-electron chi connectivity index (χ4n) is 4.59. The summed E-state index contributed by atoms with van der Waals surface area (Å²) >= 11 is 0. The van der Waals surface area contributed by atoms with Crippen LogP contribution in [0.1, 0.15) is 39.0 Å². The van der Waals surface area contributed by atoms with Gasteiger partial charge in [-0.2, -0.15) is 0 Å². The molecule has 0 aromatic carbocycles. The van der Waals surface area contributed by atoms with Gasteiger partial charge in [-0.3, -0.25) is 0 Å². The molecular formula is C24H32O4S2+2. The van der Waals surface area contributed by atoms with Crippen molar-refractivity contribution in [3.05, 3.63) is 46.3 Å². The van der Waals surface area contributed by atoms with Crippen molar-refractivity contribution in [3.63, 3.8) is 0 Å². The van der Waals surface area contributed by atoms with Gasteiger partial charge in [0.25, 0.3) is 0 Å². The van der Waals surface area contributed by atoms with Crippen molar-refractivity contribution in [3.8, 4) is 0 Å². The molecule has 0 amide bonds. The highest BCUT2D eigenvalue weighted by atomic mass is 32.2. The maximum Gasteiger partial charge on any atom is 0.356 e. The van der Waals surface area contributed by atoms with Gasteiger partial charge in [0.2, 0.25) is 11.5 Å². The van der Waals surface area contributed by atoms with E-state index < -0.39 is 0 Å². The van der Waals surface area contributed by atoms with Gasteiger partial charge in [0, 0.05) is 40.0 Å². The molecule has 2 saturated heterocycles. The molecule has 0 aromatic heterocycles. The molecule has 6 heteroatoms. The molecule has 5 atom stereocenters. The van der Waals surface area contributed by atoms with Crippen molar-refractivity contribution in [2.24, 2.45) is 11.8 Å². The first-order chi connectivity index (χ1) is 14.6. The Morgan fingerprint density at radius 3 is 2.13 bits per heavy atom. The van der Waals surface area contributed by atoms with Crippen LogP contribution in [0.5, 0.6) is 0 Å². The summed E-state index contributed by atoms with van der Waals surface area (Å²) < 4.78 is 11.1. The Morgan fingerprint density at radius 1 is 0.967 bits per heavy atom. The zero-order chi connectivity index (χ0) is 20.9. The first-order valence-corrected chi connectivity index (χ1v) is 14.2. The predicted molar refractivity (Wildman–Crippen MR) is 125 cm³/mol. The van der Waals surface area contributed by atoms with E-state index in [4.69, 9.17) is 9.47 Å². The summed E-state index contributed by atoms with van der Waals surface area (Å²) in [7, 11) is 0.0318. The molecule has 2 aliphatic carbocycles. The van der Waals surface area contributed by atoms with E-state index in [9.17, 15) is 9.59 Å². The minimum Gasteiger partial charge on any atom is -0.462 e.